The number of benzene rings is 2. The Labute approximate surface area is 123 Å². The van der Waals surface area contributed by atoms with Gasteiger partial charge in [0.1, 0.15) is 5.75 Å². The van der Waals surface area contributed by atoms with Crippen molar-refractivity contribution >= 4 is 10.8 Å². The Balaban J connectivity index is 1.81. The molecular weight excluding hydrogens is 264 g/mol. The zero-order valence-corrected chi connectivity index (χ0v) is 12.1. The van der Waals surface area contributed by atoms with E-state index in [1.54, 1.807) is 0 Å². The van der Waals surface area contributed by atoms with Gasteiger partial charge >= 0.3 is 0 Å². The minimum Gasteiger partial charge on any atom is -0.507 e. The van der Waals surface area contributed by atoms with Crippen molar-refractivity contribution in [2.45, 2.75) is 26.4 Å². The van der Waals surface area contributed by atoms with Gasteiger partial charge < -0.3 is 14.9 Å². The minimum absolute atomic E-state index is 0.0139. The number of rotatable bonds is 4. The molecule has 0 bridgehead atoms. The second-order valence-corrected chi connectivity index (χ2v) is 5.26. The fraction of sp³-hybridized carbons (Fsp3) is 0.235. The highest BCUT2D eigenvalue weighted by Crippen LogP contribution is 2.32. The molecule has 2 aromatic carbocycles. The van der Waals surface area contributed by atoms with Crippen LogP contribution in [-0.2, 0) is 6.54 Å². The molecule has 1 atom stereocenters. The van der Waals surface area contributed by atoms with Crippen LogP contribution < -0.4 is 5.32 Å². The predicted octanol–water partition coefficient (Wildman–Crippen LogP) is 3.69. The quantitative estimate of drug-likeness (QED) is 0.766. The summed E-state index contributed by atoms with van der Waals surface area (Å²) in [4.78, 5) is 0. The third-order valence-electron chi connectivity index (χ3n) is 3.66. The number of nitrogens with zero attached hydrogens (tertiary/aromatic N) is 1. The molecule has 0 spiro atoms. The molecule has 0 radical (unpaired) electrons. The molecular formula is C17H18N2O2. The summed E-state index contributed by atoms with van der Waals surface area (Å²) >= 11 is 0. The molecule has 1 aromatic heterocycles. The maximum Gasteiger partial charge on any atom is 0.150 e. The van der Waals surface area contributed by atoms with Gasteiger partial charge in [-0.1, -0.05) is 41.6 Å². The molecule has 0 saturated heterocycles. The molecule has 0 fully saturated rings. The van der Waals surface area contributed by atoms with Crippen LogP contribution in [0.2, 0.25) is 0 Å². The summed E-state index contributed by atoms with van der Waals surface area (Å²) in [6, 6.07) is 13.7. The van der Waals surface area contributed by atoms with Gasteiger partial charge in [0, 0.05) is 23.1 Å². The van der Waals surface area contributed by atoms with Gasteiger partial charge in [-0.2, -0.15) is 0 Å². The summed E-state index contributed by atoms with van der Waals surface area (Å²) in [6.07, 6.45) is 0. The Hall–Kier alpha value is -2.33. The fourth-order valence-electron chi connectivity index (χ4n) is 2.48. The lowest BCUT2D eigenvalue weighted by atomic mass is 10.0. The monoisotopic (exact) mass is 282 g/mol. The molecule has 21 heavy (non-hydrogen) atoms. The highest BCUT2D eigenvalue weighted by Gasteiger charge is 2.13. The van der Waals surface area contributed by atoms with E-state index in [0.29, 0.717) is 12.3 Å². The van der Waals surface area contributed by atoms with Gasteiger partial charge in [-0.15, -0.1) is 0 Å². The number of phenols is 1. The number of aromatic nitrogens is 1. The SMILES string of the molecule is Cc1cc(CNC(C)c2ccc3ccccc3c2O)on1. The molecule has 1 heterocycles. The number of phenolic OH excluding ortho intramolecular Hbond substituents is 1. The predicted molar refractivity (Wildman–Crippen MR) is 82.1 cm³/mol. The minimum atomic E-state index is 0.0139. The number of aromatic hydroxyl groups is 1. The number of aryl methyl sites for hydroxylation is 1. The van der Waals surface area contributed by atoms with Crippen LogP contribution in [0.25, 0.3) is 10.8 Å². The summed E-state index contributed by atoms with van der Waals surface area (Å²) in [5, 5.41) is 19.6. The van der Waals surface area contributed by atoms with E-state index >= 15 is 0 Å². The molecule has 0 amide bonds. The Kier molecular flexibility index (Phi) is 3.62. The number of hydrogen-bond donors (Lipinski definition) is 2. The largest absolute Gasteiger partial charge is 0.507 e. The molecule has 0 aliphatic rings. The van der Waals surface area contributed by atoms with Crippen LogP contribution in [0.4, 0.5) is 0 Å². The molecule has 3 aromatic rings. The first-order valence-corrected chi connectivity index (χ1v) is 7.01. The second-order valence-electron chi connectivity index (χ2n) is 5.26. The lowest BCUT2D eigenvalue weighted by Crippen LogP contribution is -2.17. The number of nitrogens with one attached hydrogen (secondary N) is 1. The topological polar surface area (TPSA) is 58.3 Å². The van der Waals surface area contributed by atoms with Crippen molar-refractivity contribution < 1.29 is 9.63 Å². The van der Waals surface area contributed by atoms with Gasteiger partial charge in [0.15, 0.2) is 5.76 Å². The summed E-state index contributed by atoms with van der Waals surface area (Å²) in [5.41, 5.74) is 1.75. The third kappa shape index (κ3) is 2.76. The van der Waals surface area contributed by atoms with Gasteiger partial charge in [0.05, 0.1) is 12.2 Å². The van der Waals surface area contributed by atoms with E-state index < -0.39 is 0 Å². The summed E-state index contributed by atoms with van der Waals surface area (Å²) in [5.74, 6) is 1.13. The molecule has 3 rings (SSSR count). The molecule has 1 unspecified atom stereocenters. The molecule has 0 aliphatic carbocycles. The fourth-order valence-corrected chi connectivity index (χ4v) is 2.48. The maximum atomic E-state index is 10.4. The zero-order chi connectivity index (χ0) is 14.8. The van der Waals surface area contributed by atoms with Gasteiger partial charge in [0.2, 0.25) is 0 Å². The van der Waals surface area contributed by atoms with Crippen molar-refractivity contribution in [3.8, 4) is 5.75 Å². The lowest BCUT2D eigenvalue weighted by molar-refractivity contribution is 0.361. The lowest BCUT2D eigenvalue weighted by Gasteiger charge is -2.16. The van der Waals surface area contributed by atoms with Crippen LogP contribution in [0.3, 0.4) is 0 Å². The molecule has 4 nitrogen and oxygen atoms in total. The molecule has 2 N–H and O–H groups in total. The van der Waals surface area contributed by atoms with Crippen molar-refractivity contribution in [1.29, 1.82) is 0 Å². The van der Waals surface area contributed by atoms with Crippen molar-refractivity contribution in [2.24, 2.45) is 0 Å². The van der Waals surface area contributed by atoms with Crippen molar-refractivity contribution in [1.82, 2.24) is 10.5 Å². The first kappa shape index (κ1) is 13.6. The maximum absolute atomic E-state index is 10.4. The summed E-state index contributed by atoms with van der Waals surface area (Å²) < 4.78 is 5.18. The van der Waals surface area contributed by atoms with Gasteiger partial charge in [0.25, 0.3) is 0 Å². The van der Waals surface area contributed by atoms with Gasteiger partial charge in [-0.25, -0.2) is 0 Å². The van der Waals surface area contributed by atoms with E-state index in [-0.39, 0.29) is 6.04 Å². The van der Waals surface area contributed by atoms with E-state index in [2.05, 4.69) is 10.5 Å². The van der Waals surface area contributed by atoms with Gasteiger partial charge in [-0.3, -0.25) is 0 Å². The Morgan fingerprint density at radius 1 is 1.24 bits per heavy atom. The van der Waals surface area contributed by atoms with E-state index in [0.717, 1.165) is 27.8 Å². The van der Waals surface area contributed by atoms with E-state index in [1.165, 1.54) is 0 Å². The molecule has 0 saturated carbocycles. The van der Waals surface area contributed by atoms with Crippen LogP contribution in [0.15, 0.2) is 47.0 Å². The van der Waals surface area contributed by atoms with E-state index in [9.17, 15) is 5.11 Å². The normalized spacial score (nSPS) is 12.7. The van der Waals surface area contributed by atoms with Crippen LogP contribution in [0, 0.1) is 6.92 Å². The number of hydrogen-bond acceptors (Lipinski definition) is 4. The highest BCUT2D eigenvalue weighted by atomic mass is 16.5. The Bertz CT molecular complexity index is 764. The van der Waals surface area contributed by atoms with Crippen molar-refractivity contribution in [2.75, 3.05) is 0 Å². The standard InChI is InChI=1S/C17H18N2O2/c1-11-9-14(21-19-11)10-18-12(2)15-8-7-13-5-3-4-6-16(13)17(15)20/h3-9,12,18,20H,10H2,1-2H3. The first-order valence-electron chi connectivity index (χ1n) is 7.01. The Morgan fingerprint density at radius 3 is 2.81 bits per heavy atom. The van der Waals surface area contributed by atoms with E-state index in [4.69, 9.17) is 4.52 Å². The highest BCUT2D eigenvalue weighted by molar-refractivity contribution is 5.89. The zero-order valence-electron chi connectivity index (χ0n) is 12.1. The van der Waals surface area contributed by atoms with E-state index in [1.807, 2.05) is 56.3 Å². The average Bonchev–Trinajstić information content (AvgIpc) is 2.91. The smallest absolute Gasteiger partial charge is 0.150 e. The second kappa shape index (κ2) is 5.58. The van der Waals surface area contributed by atoms with Crippen LogP contribution in [0.1, 0.15) is 30.0 Å². The molecule has 4 heteroatoms. The van der Waals surface area contributed by atoms with Crippen LogP contribution in [0.5, 0.6) is 5.75 Å². The average molecular weight is 282 g/mol. The third-order valence-corrected chi connectivity index (χ3v) is 3.66. The van der Waals surface area contributed by atoms with Crippen molar-refractivity contribution in [3.63, 3.8) is 0 Å². The van der Waals surface area contributed by atoms with Crippen LogP contribution >= 0.6 is 0 Å². The molecule has 0 aliphatic heterocycles. The van der Waals surface area contributed by atoms with Crippen molar-refractivity contribution in [3.05, 3.63) is 59.5 Å². The summed E-state index contributed by atoms with van der Waals surface area (Å²) in [7, 11) is 0. The number of fused-ring (bicyclic) bond motifs is 1. The Morgan fingerprint density at radius 2 is 2.05 bits per heavy atom. The molecule has 108 valence electrons. The summed E-state index contributed by atoms with van der Waals surface area (Å²) in [6.45, 7) is 4.49. The van der Waals surface area contributed by atoms with Gasteiger partial charge in [-0.05, 0) is 19.2 Å². The van der Waals surface area contributed by atoms with Crippen LogP contribution in [-0.4, -0.2) is 10.3 Å². The first-order chi connectivity index (χ1) is 10.1.